The maximum atomic E-state index is 12.3. The Morgan fingerprint density at radius 3 is 2.75 bits per heavy atom. The predicted molar refractivity (Wildman–Crippen MR) is 79.1 cm³/mol. The van der Waals surface area contributed by atoms with Crippen molar-refractivity contribution in [3.8, 4) is 0 Å². The zero-order chi connectivity index (χ0) is 14.8. The second-order valence-electron chi connectivity index (χ2n) is 5.22. The van der Waals surface area contributed by atoms with Crippen molar-refractivity contribution < 1.29 is 9.59 Å². The molecule has 0 aliphatic carbocycles. The second-order valence-corrected chi connectivity index (χ2v) is 5.62. The monoisotopic (exact) mass is 295 g/mol. The average Bonchev–Trinajstić information content (AvgIpc) is 2.88. The Bertz CT molecular complexity index is 539. The molecule has 1 heterocycles. The second kappa shape index (κ2) is 5.81. The molecule has 1 atom stereocenters. The minimum atomic E-state index is -0.438. The predicted octanol–water partition coefficient (Wildman–Crippen LogP) is 1.64. The van der Waals surface area contributed by atoms with Crippen molar-refractivity contribution in [2.45, 2.75) is 13.3 Å². The molecule has 2 amide bonds. The van der Waals surface area contributed by atoms with E-state index in [9.17, 15) is 9.59 Å². The summed E-state index contributed by atoms with van der Waals surface area (Å²) in [6.45, 7) is 3.39. The van der Waals surface area contributed by atoms with Gasteiger partial charge in [-0.1, -0.05) is 11.6 Å². The average molecular weight is 296 g/mol. The van der Waals surface area contributed by atoms with Gasteiger partial charge in [-0.15, -0.1) is 0 Å². The lowest BCUT2D eigenvalue weighted by atomic mass is 9.88. The fourth-order valence-electron chi connectivity index (χ4n) is 2.19. The van der Waals surface area contributed by atoms with Crippen molar-refractivity contribution >= 4 is 29.1 Å². The summed E-state index contributed by atoms with van der Waals surface area (Å²) in [5, 5.41) is 8.95. The number of carbonyl (C=O) groups excluding carboxylic acids is 2. The number of anilines is 1. The van der Waals surface area contributed by atoms with Crippen LogP contribution in [0.2, 0.25) is 5.02 Å². The molecule has 1 fully saturated rings. The highest BCUT2D eigenvalue weighted by atomic mass is 35.5. The van der Waals surface area contributed by atoms with Crippen LogP contribution < -0.4 is 16.0 Å². The Hall–Kier alpha value is -1.59. The molecule has 1 aromatic rings. The van der Waals surface area contributed by atoms with Crippen molar-refractivity contribution in [2.24, 2.45) is 5.41 Å². The molecule has 1 saturated heterocycles. The molecule has 6 heteroatoms. The number of halogens is 1. The highest BCUT2D eigenvalue weighted by molar-refractivity contribution is 6.34. The van der Waals surface area contributed by atoms with E-state index in [4.69, 9.17) is 11.6 Å². The van der Waals surface area contributed by atoms with Crippen LogP contribution in [0.1, 0.15) is 23.7 Å². The fraction of sp³-hybridized carbons (Fsp3) is 0.429. The van der Waals surface area contributed by atoms with Gasteiger partial charge in [0.25, 0.3) is 5.91 Å². The van der Waals surface area contributed by atoms with Crippen LogP contribution in [0.25, 0.3) is 0 Å². The summed E-state index contributed by atoms with van der Waals surface area (Å²) >= 11 is 6.08. The number of nitrogens with one attached hydrogen (secondary N) is 3. The lowest BCUT2D eigenvalue weighted by Gasteiger charge is -2.22. The smallest absolute Gasteiger partial charge is 0.251 e. The van der Waals surface area contributed by atoms with E-state index < -0.39 is 5.41 Å². The van der Waals surface area contributed by atoms with Crippen LogP contribution in [0, 0.1) is 5.41 Å². The topological polar surface area (TPSA) is 70.2 Å². The highest BCUT2D eigenvalue weighted by Gasteiger charge is 2.36. The first-order valence-corrected chi connectivity index (χ1v) is 6.88. The van der Waals surface area contributed by atoms with Crippen molar-refractivity contribution in [2.75, 3.05) is 25.5 Å². The third kappa shape index (κ3) is 2.94. The summed E-state index contributed by atoms with van der Waals surface area (Å²) in [5.41, 5.74) is 0.486. The minimum absolute atomic E-state index is 0.0848. The molecule has 0 spiro atoms. The van der Waals surface area contributed by atoms with Crippen LogP contribution in [0.4, 0.5) is 5.69 Å². The molecule has 20 heavy (non-hydrogen) atoms. The highest BCUT2D eigenvalue weighted by Crippen LogP contribution is 2.29. The van der Waals surface area contributed by atoms with Gasteiger partial charge in [0.15, 0.2) is 0 Å². The standard InChI is InChI=1S/C14H18ClN3O2/c1-14(5-6-17-8-14)13(20)18-11-7-9(12(19)16-2)3-4-10(11)15/h3-4,7,17H,5-6,8H2,1-2H3,(H,16,19)(H,18,20). The summed E-state index contributed by atoms with van der Waals surface area (Å²) < 4.78 is 0. The summed E-state index contributed by atoms with van der Waals surface area (Å²) in [4.78, 5) is 23.9. The Morgan fingerprint density at radius 1 is 1.40 bits per heavy atom. The minimum Gasteiger partial charge on any atom is -0.355 e. The molecule has 5 nitrogen and oxygen atoms in total. The third-order valence-corrected chi connectivity index (χ3v) is 3.95. The van der Waals surface area contributed by atoms with Crippen LogP contribution in [0.3, 0.4) is 0 Å². The van der Waals surface area contributed by atoms with Gasteiger partial charge in [-0.05, 0) is 38.1 Å². The molecule has 1 aliphatic rings. The van der Waals surface area contributed by atoms with E-state index >= 15 is 0 Å². The molecular weight excluding hydrogens is 278 g/mol. The van der Waals surface area contributed by atoms with Gasteiger partial charge < -0.3 is 16.0 Å². The number of carbonyl (C=O) groups is 2. The van der Waals surface area contributed by atoms with Gasteiger partial charge in [0, 0.05) is 19.2 Å². The normalized spacial score (nSPS) is 21.6. The molecule has 0 aromatic heterocycles. The first-order valence-electron chi connectivity index (χ1n) is 6.50. The quantitative estimate of drug-likeness (QED) is 0.794. The number of hydrogen-bond donors (Lipinski definition) is 3. The fourth-order valence-corrected chi connectivity index (χ4v) is 2.36. The maximum Gasteiger partial charge on any atom is 0.251 e. The Morgan fingerprint density at radius 2 is 2.15 bits per heavy atom. The van der Waals surface area contributed by atoms with Crippen molar-refractivity contribution in [3.05, 3.63) is 28.8 Å². The zero-order valence-electron chi connectivity index (χ0n) is 11.5. The van der Waals surface area contributed by atoms with Crippen molar-refractivity contribution in [1.29, 1.82) is 0 Å². The molecule has 1 aromatic carbocycles. The number of hydrogen-bond acceptors (Lipinski definition) is 3. The van der Waals surface area contributed by atoms with Gasteiger partial charge in [0.1, 0.15) is 0 Å². The van der Waals surface area contributed by atoms with Crippen LogP contribution in [-0.4, -0.2) is 32.0 Å². The maximum absolute atomic E-state index is 12.3. The molecule has 108 valence electrons. The molecule has 0 saturated carbocycles. The van der Waals surface area contributed by atoms with E-state index in [0.29, 0.717) is 22.8 Å². The lowest BCUT2D eigenvalue weighted by molar-refractivity contribution is -0.123. The lowest BCUT2D eigenvalue weighted by Crippen LogP contribution is -2.35. The van der Waals surface area contributed by atoms with E-state index in [1.807, 2.05) is 6.92 Å². The third-order valence-electron chi connectivity index (χ3n) is 3.62. The van der Waals surface area contributed by atoms with Crippen LogP contribution in [-0.2, 0) is 4.79 Å². The first-order chi connectivity index (χ1) is 9.46. The first kappa shape index (κ1) is 14.8. The molecule has 1 aliphatic heterocycles. The zero-order valence-corrected chi connectivity index (χ0v) is 12.3. The van der Waals surface area contributed by atoms with Crippen molar-refractivity contribution in [1.82, 2.24) is 10.6 Å². The van der Waals surface area contributed by atoms with E-state index in [0.717, 1.165) is 13.0 Å². The molecular formula is C14H18ClN3O2. The molecule has 0 radical (unpaired) electrons. The van der Waals surface area contributed by atoms with Gasteiger partial charge in [-0.3, -0.25) is 9.59 Å². The largest absolute Gasteiger partial charge is 0.355 e. The molecule has 0 bridgehead atoms. The van der Waals surface area contributed by atoms with Gasteiger partial charge in [0.2, 0.25) is 5.91 Å². The summed E-state index contributed by atoms with van der Waals surface area (Å²) in [6, 6.07) is 4.82. The van der Waals surface area contributed by atoms with Crippen LogP contribution in [0.5, 0.6) is 0 Å². The van der Waals surface area contributed by atoms with Crippen molar-refractivity contribution in [3.63, 3.8) is 0 Å². The van der Waals surface area contributed by atoms with Gasteiger partial charge in [-0.25, -0.2) is 0 Å². The van der Waals surface area contributed by atoms with Crippen LogP contribution in [0.15, 0.2) is 18.2 Å². The SMILES string of the molecule is CNC(=O)c1ccc(Cl)c(NC(=O)C2(C)CCNC2)c1. The Labute approximate surface area is 123 Å². The van der Waals surface area contributed by atoms with E-state index in [2.05, 4.69) is 16.0 Å². The summed E-state index contributed by atoms with van der Waals surface area (Å²) in [6.07, 6.45) is 0.783. The van der Waals surface area contributed by atoms with Gasteiger partial charge in [-0.2, -0.15) is 0 Å². The molecule has 2 rings (SSSR count). The number of benzene rings is 1. The van der Waals surface area contributed by atoms with Gasteiger partial charge in [0.05, 0.1) is 16.1 Å². The Kier molecular flexibility index (Phi) is 4.30. The van der Waals surface area contributed by atoms with Gasteiger partial charge >= 0.3 is 0 Å². The van der Waals surface area contributed by atoms with Crippen LogP contribution >= 0.6 is 11.6 Å². The number of rotatable bonds is 3. The summed E-state index contributed by atoms with van der Waals surface area (Å²) in [5.74, 6) is -0.302. The van der Waals surface area contributed by atoms with E-state index in [-0.39, 0.29) is 11.8 Å². The number of amides is 2. The molecule has 3 N–H and O–H groups in total. The Balaban J connectivity index is 2.20. The van der Waals surface area contributed by atoms with E-state index in [1.165, 1.54) is 0 Å². The molecule has 1 unspecified atom stereocenters. The van der Waals surface area contributed by atoms with E-state index in [1.54, 1.807) is 25.2 Å². The summed E-state index contributed by atoms with van der Waals surface area (Å²) in [7, 11) is 1.56.